The van der Waals surface area contributed by atoms with E-state index in [4.69, 9.17) is 17.3 Å². The Balaban J connectivity index is 2.28. The first-order chi connectivity index (χ1) is 8.95. The molecule has 0 bridgehead atoms. The molecule has 0 radical (unpaired) electrons. The summed E-state index contributed by atoms with van der Waals surface area (Å²) in [6.07, 6.45) is 0.0815. The van der Waals surface area contributed by atoms with Crippen molar-refractivity contribution in [3.63, 3.8) is 0 Å². The van der Waals surface area contributed by atoms with Crippen molar-refractivity contribution in [2.45, 2.75) is 6.42 Å². The number of ketones is 1. The van der Waals surface area contributed by atoms with E-state index in [1.165, 1.54) is 12.1 Å². The first-order valence-electron chi connectivity index (χ1n) is 5.49. The molecule has 2 aromatic carbocycles. The van der Waals surface area contributed by atoms with Crippen LogP contribution in [0.4, 0.5) is 10.1 Å². The van der Waals surface area contributed by atoms with Crippen LogP contribution in [-0.2, 0) is 6.42 Å². The average Bonchev–Trinajstić information content (AvgIpc) is 2.32. The number of halogens is 3. The third kappa shape index (κ3) is 3.55. The maximum atomic E-state index is 13.2. The lowest BCUT2D eigenvalue weighted by Gasteiger charge is -2.06. The van der Waals surface area contributed by atoms with Gasteiger partial charge in [0.25, 0.3) is 0 Å². The van der Waals surface area contributed by atoms with Crippen molar-refractivity contribution < 1.29 is 9.18 Å². The number of rotatable bonds is 3. The number of benzene rings is 2. The van der Waals surface area contributed by atoms with E-state index in [2.05, 4.69) is 15.9 Å². The van der Waals surface area contributed by atoms with Crippen LogP contribution in [0.2, 0.25) is 5.02 Å². The van der Waals surface area contributed by atoms with Crippen LogP contribution in [0.5, 0.6) is 0 Å². The highest BCUT2D eigenvalue weighted by Crippen LogP contribution is 2.22. The molecule has 0 aliphatic heterocycles. The molecular formula is C14H10BrClFNO. The van der Waals surface area contributed by atoms with Crippen LogP contribution >= 0.6 is 27.5 Å². The van der Waals surface area contributed by atoms with Gasteiger partial charge in [-0.3, -0.25) is 4.79 Å². The summed E-state index contributed by atoms with van der Waals surface area (Å²) in [5.41, 5.74) is 7.07. The molecule has 0 saturated carbocycles. The van der Waals surface area contributed by atoms with Crippen molar-refractivity contribution in [3.05, 3.63) is 62.8 Å². The van der Waals surface area contributed by atoms with E-state index < -0.39 is 0 Å². The molecule has 0 aliphatic carbocycles. The van der Waals surface area contributed by atoms with Crippen LogP contribution in [-0.4, -0.2) is 5.78 Å². The Kier molecular flexibility index (Phi) is 4.22. The molecule has 98 valence electrons. The molecule has 2 N–H and O–H groups in total. The van der Waals surface area contributed by atoms with Crippen molar-refractivity contribution in [1.82, 2.24) is 0 Å². The zero-order chi connectivity index (χ0) is 14.0. The molecule has 0 aromatic heterocycles. The molecule has 5 heteroatoms. The van der Waals surface area contributed by atoms with E-state index in [1.807, 2.05) is 0 Å². The fourth-order valence-corrected chi connectivity index (χ4v) is 2.36. The molecule has 0 aliphatic rings. The van der Waals surface area contributed by atoms with Gasteiger partial charge in [-0.2, -0.15) is 0 Å². The van der Waals surface area contributed by atoms with Gasteiger partial charge in [-0.1, -0.05) is 27.5 Å². The Morgan fingerprint density at radius 2 is 2.00 bits per heavy atom. The highest BCUT2D eigenvalue weighted by Gasteiger charge is 2.11. The normalized spacial score (nSPS) is 10.5. The van der Waals surface area contributed by atoms with Crippen LogP contribution in [0, 0.1) is 5.82 Å². The molecule has 0 atom stereocenters. The minimum Gasteiger partial charge on any atom is -0.399 e. The molecule has 19 heavy (non-hydrogen) atoms. The summed E-state index contributed by atoms with van der Waals surface area (Å²) >= 11 is 9.14. The SMILES string of the molecule is Nc1cc(Cl)cc(C(=O)Cc2cc(F)ccc2Br)c1. The Bertz CT molecular complexity index is 625. The van der Waals surface area contributed by atoms with Gasteiger partial charge in [-0.25, -0.2) is 4.39 Å². The fraction of sp³-hybridized carbons (Fsp3) is 0.0714. The third-order valence-electron chi connectivity index (χ3n) is 2.60. The van der Waals surface area contributed by atoms with Crippen molar-refractivity contribution in [2.24, 2.45) is 0 Å². The average molecular weight is 343 g/mol. The number of anilines is 1. The van der Waals surface area contributed by atoms with Crippen LogP contribution in [0.1, 0.15) is 15.9 Å². The quantitative estimate of drug-likeness (QED) is 0.669. The highest BCUT2D eigenvalue weighted by molar-refractivity contribution is 9.10. The predicted molar refractivity (Wildman–Crippen MR) is 78.0 cm³/mol. The van der Waals surface area contributed by atoms with E-state index in [1.54, 1.807) is 24.3 Å². The number of nitrogens with two attached hydrogens (primary N) is 1. The largest absolute Gasteiger partial charge is 0.399 e. The van der Waals surface area contributed by atoms with Crippen molar-refractivity contribution >= 4 is 39.0 Å². The van der Waals surface area contributed by atoms with Crippen LogP contribution in [0.3, 0.4) is 0 Å². The molecule has 0 saturated heterocycles. The van der Waals surface area contributed by atoms with Gasteiger partial charge in [0.15, 0.2) is 5.78 Å². The molecule has 2 aromatic rings. The number of hydrogen-bond acceptors (Lipinski definition) is 2. The summed E-state index contributed by atoms with van der Waals surface area (Å²) in [4.78, 5) is 12.1. The molecule has 2 nitrogen and oxygen atoms in total. The number of hydrogen-bond donors (Lipinski definition) is 1. The zero-order valence-electron chi connectivity index (χ0n) is 9.79. The minimum absolute atomic E-state index is 0.0815. The lowest BCUT2D eigenvalue weighted by Crippen LogP contribution is -2.05. The smallest absolute Gasteiger partial charge is 0.167 e. The van der Waals surface area contributed by atoms with Gasteiger partial charge in [-0.05, 0) is 42.0 Å². The van der Waals surface area contributed by atoms with Crippen LogP contribution < -0.4 is 5.73 Å². The molecule has 2 rings (SSSR count). The summed E-state index contributed by atoms with van der Waals surface area (Å²) in [7, 11) is 0. The van der Waals surface area contributed by atoms with Crippen LogP contribution in [0.25, 0.3) is 0 Å². The molecule has 0 unspecified atom stereocenters. The predicted octanol–water partition coefficient (Wildman–Crippen LogP) is 4.25. The van der Waals surface area contributed by atoms with Crippen LogP contribution in [0.15, 0.2) is 40.9 Å². The third-order valence-corrected chi connectivity index (χ3v) is 3.59. The van der Waals surface area contributed by atoms with Gasteiger partial charge < -0.3 is 5.73 Å². The lowest BCUT2D eigenvalue weighted by molar-refractivity contribution is 0.0993. The first kappa shape index (κ1) is 14.0. The lowest BCUT2D eigenvalue weighted by atomic mass is 10.0. The number of nitrogen functional groups attached to an aromatic ring is 1. The number of carbonyl (C=O) groups excluding carboxylic acids is 1. The topological polar surface area (TPSA) is 43.1 Å². The second kappa shape index (κ2) is 5.72. The minimum atomic E-state index is -0.378. The van der Waals surface area contributed by atoms with E-state index in [0.29, 0.717) is 26.3 Å². The van der Waals surface area contributed by atoms with Gasteiger partial charge in [-0.15, -0.1) is 0 Å². The second-order valence-electron chi connectivity index (χ2n) is 4.11. The summed E-state index contributed by atoms with van der Waals surface area (Å²) in [6.45, 7) is 0. The first-order valence-corrected chi connectivity index (χ1v) is 6.66. The zero-order valence-corrected chi connectivity index (χ0v) is 12.1. The van der Waals surface area contributed by atoms with E-state index in [-0.39, 0.29) is 18.0 Å². The maximum absolute atomic E-state index is 13.2. The second-order valence-corrected chi connectivity index (χ2v) is 5.40. The standard InChI is InChI=1S/C14H10BrClFNO/c15-13-2-1-11(17)4-8(13)6-14(19)9-3-10(16)7-12(18)5-9/h1-5,7H,6,18H2. The fourth-order valence-electron chi connectivity index (χ4n) is 1.73. The maximum Gasteiger partial charge on any atom is 0.167 e. The van der Waals surface area contributed by atoms with Gasteiger partial charge in [0, 0.05) is 27.2 Å². The van der Waals surface area contributed by atoms with E-state index in [9.17, 15) is 9.18 Å². The molecule has 0 amide bonds. The van der Waals surface area contributed by atoms with Crippen molar-refractivity contribution in [3.8, 4) is 0 Å². The van der Waals surface area contributed by atoms with Gasteiger partial charge in [0.2, 0.25) is 0 Å². The van der Waals surface area contributed by atoms with E-state index in [0.717, 1.165) is 0 Å². The summed E-state index contributed by atoms with van der Waals surface area (Å²) in [5, 5.41) is 0.404. The Hall–Kier alpha value is -1.39. The number of Topliss-reactive ketones (excluding diaryl/α,β-unsaturated/α-hetero) is 1. The number of carbonyl (C=O) groups is 1. The summed E-state index contributed by atoms with van der Waals surface area (Å²) in [6, 6.07) is 8.90. The van der Waals surface area contributed by atoms with Gasteiger partial charge >= 0.3 is 0 Å². The summed E-state index contributed by atoms with van der Waals surface area (Å²) in [5.74, 6) is -0.544. The Morgan fingerprint density at radius 1 is 1.26 bits per heavy atom. The molecule has 0 spiro atoms. The Labute approximate surface area is 123 Å². The molecule has 0 heterocycles. The van der Waals surface area contributed by atoms with E-state index >= 15 is 0 Å². The van der Waals surface area contributed by atoms with Gasteiger partial charge in [0.1, 0.15) is 5.82 Å². The summed E-state index contributed by atoms with van der Waals surface area (Å²) < 4.78 is 13.8. The Morgan fingerprint density at radius 3 is 2.68 bits per heavy atom. The molecular weight excluding hydrogens is 333 g/mol. The van der Waals surface area contributed by atoms with Crippen molar-refractivity contribution in [1.29, 1.82) is 0 Å². The van der Waals surface area contributed by atoms with Gasteiger partial charge in [0.05, 0.1) is 0 Å². The molecule has 0 fully saturated rings. The highest BCUT2D eigenvalue weighted by atomic mass is 79.9. The monoisotopic (exact) mass is 341 g/mol. The van der Waals surface area contributed by atoms with Crippen molar-refractivity contribution in [2.75, 3.05) is 5.73 Å².